The molecule has 1 aromatic carbocycles. The van der Waals surface area contributed by atoms with Crippen LogP contribution in [0.1, 0.15) is 11.3 Å². The number of hydrogen-bond donors (Lipinski definition) is 0. The fourth-order valence-corrected chi connectivity index (χ4v) is 2.39. The highest BCUT2D eigenvalue weighted by Crippen LogP contribution is 2.12. The first kappa shape index (κ1) is 16.1. The monoisotopic (exact) mass is 367 g/mol. The van der Waals surface area contributed by atoms with E-state index in [1.54, 1.807) is 12.1 Å². The Labute approximate surface area is 137 Å². The van der Waals surface area contributed by atoms with Crippen molar-refractivity contribution in [2.45, 2.75) is 12.8 Å². The number of benzene rings is 1. The molecule has 0 aliphatic rings. The highest BCUT2D eigenvalue weighted by atomic mass is 79.9. The van der Waals surface area contributed by atoms with Crippen LogP contribution in [0.5, 0.6) is 0 Å². The Morgan fingerprint density at radius 2 is 2.14 bits per heavy atom. The maximum Gasteiger partial charge on any atom is 0.164 e. The molecular formula is C16H15BrClNO2. The first-order valence-electron chi connectivity index (χ1n) is 6.58. The zero-order valence-electron chi connectivity index (χ0n) is 11.4. The van der Waals surface area contributed by atoms with Gasteiger partial charge in [0.05, 0.1) is 18.1 Å². The molecule has 5 heteroatoms. The highest BCUT2D eigenvalue weighted by Gasteiger charge is 2.05. The largest absolute Gasteiger partial charge is 0.373 e. The van der Waals surface area contributed by atoms with Gasteiger partial charge in [0.15, 0.2) is 5.78 Å². The van der Waals surface area contributed by atoms with Crippen LogP contribution in [0, 0.1) is 0 Å². The van der Waals surface area contributed by atoms with Gasteiger partial charge in [-0.25, -0.2) is 0 Å². The first-order chi connectivity index (χ1) is 10.1. The summed E-state index contributed by atoms with van der Waals surface area (Å²) in [5.41, 5.74) is 1.89. The van der Waals surface area contributed by atoms with E-state index in [0.29, 0.717) is 17.3 Å². The Kier molecular flexibility index (Phi) is 6.36. The van der Waals surface area contributed by atoms with Crippen molar-refractivity contribution in [1.29, 1.82) is 0 Å². The molecule has 0 N–H and O–H groups in total. The zero-order valence-corrected chi connectivity index (χ0v) is 13.7. The van der Waals surface area contributed by atoms with Crippen molar-refractivity contribution in [3.05, 3.63) is 63.3 Å². The number of pyridine rings is 1. The summed E-state index contributed by atoms with van der Waals surface area (Å²) >= 11 is 9.17. The lowest BCUT2D eigenvalue weighted by Crippen LogP contribution is -2.13. The van der Waals surface area contributed by atoms with Gasteiger partial charge >= 0.3 is 0 Å². The number of carbonyl (C=O) groups excluding carboxylic acids is 1. The van der Waals surface area contributed by atoms with E-state index in [9.17, 15) is 4.79 Å². The SMILES string of the molecule is O=C(COCCc1cccc(Br)c1)Cc1ccc(Cl)cn1. The van der Waals surface area contributed by atoms with Crippen molar-refractivity contribution < 1.29 is 9.53 Å². The number of carbonyl (C=O) groups is 1. The molecule has 110 valence electrons. The van der Waals surface area contributed by atoms with E-state index in [-0.39, 0.29) is 18.8 Å². The van der Waals surface area contributed by atoms with Gasteiger partial charge in [0.2, 0.25) is 0 Å². The van der Waals surface area contributed by atoms with E-state index in [1.165, 1.54) is 11.8 Å². The molecule has 0 fully saturated rings. The number of hydrogen-bond acceptors (Lipinski definition) is 3. The first-order valence-corrected chi connectivity index (χ1v) is 7.75. The molecule has 0 unspecified atom stereocenters. The number of halogens is 2. The van der Waals surface area contributed by atoms with Gasteiger partial charge in [-0.3, -0.25) is 9.78 Å². The molecule has 2 rings (SSSR count). The smallest absolute Gasteiger partial charge is 0.164 e. The fraction of sp³-hybridized carbons (Fsp3) is 0.250. The molecule has 0 spiro atoms. The Bertz CT molecular complexity index is 601. The Hall–Kier alpha value is -1.23. The Morgan fingerprint density at radius 1 is 1.29 bits per heavy atom. The van der Waals surface area contributed by atoms with Crippen LogP contribution < -0.4 is 0 Å². The summed E-state index contributed by atoms with van der Waals surface area (Å²) in [6.45, 7) is 0.633. The molecule has 0 aliphatic carbocycles. The summed E-state index contributed by atoms with van der Waals surface area (Å²) in [6.07, 6.45) is 2.60. The van der Waals surface area contributed by atoms with Gasteiger partial charge < -0.3 is 4.74 Å². The lowest BCUT2D eigenvalue weighted by Gasteiger charge is -2.04. The van der Waals surface area contributed by atoms with Gasteiger partial charge in [-0.05, 0) is 36.2 Å². The van der Waals surface area contributed by atoms with Crippen molar-refractivity contribution in [2.75, 3.05) is 13.2 Å². The lowest BCUT2D eigenvalue weighted by molar-refractivity contribution is -0.122. The maximum atomic E-state index is 11.8. The molecule has 0 atom stereocenters. The quantitative estimate of drug-likeness (QED) is 0.697. The van der Waals surface area contributed by atoms with Crippen LogP contribution in [0.15, 0.2) is 47.1 Å². The molecule has 0 saturated carbocycles. The third kappa shape index (κ3) is 5.96. The second-order valence-electron chi connectivity index (χ2n) is 4.62. The number of aromatic nitrogens is 1. The third-order valence-corrected chi connectivity index (χ3v) is 3.57. The topological polar surface area (TPSA) is 39.2 Å². The number of nitrogens with zero attached hydrogens (tertiary/aromatic N) is 1. The van der Waals surface area contributed by atoms with E-state index < -0.39 is 0 Å². The van der Waals surface area contributed by atoms with Gasteiger partial charge in [-0.1, -0.05) is 39.7 Å². The van der Waals surface area contributed by atoms with E-state index in [1.807, 2.05) is 24.3 Å². The van der Waals surface area contributed by atoms with E-state index >= 15 is 0 Å². The third-order valence-electron chi connectivity index (χ3n) is 2.85. The molecule has 21 heavy (non-hydrogen) atoms. The minimum Gasteiger partial charge on any atom is -0.373 e. The minimum absolute atomic E-state index is 0.0130. The summed E-state index contributed by atoms with van der Waals surface area (Å²) in [4.78, 5) is 15.8. The van der Waals surface area contributed by atoms with Crippen LogP contribution >= 0.6 is 27.5 Å². The van der Waals surface area contributed by atoms with Crippen molar-refractivity contribution in [1.82, 2.24) is 4.98 Å². The average Bonchev–Trinajstić information content (AvgIpc) is 2.46. The average molecular weight is 369 g/mol. The number of rotatable bonds is 7. The van der Waals surface area contributed by atoms with E-state index in [4.69, 9.17) is 16.3 Å². The predicted molar refractivity (Wildman–Crippen MR) is 86.6 cm³/mol. The summed E-state index contributed by atoms with van der Waals surface area (Å²) in [7, 11) is 0. The number of ketones is 1. The molecule has 0 aliphatic heterocycles. The number of Topliss-reactive ketones (excluding diaryl/α,β-unsaturated/α-hetero) is 1. The van der Waals surface area contributed by atoms with Crippen molar-refractivity contribution in [3.8, 4) is 0 Å². The van der Waals surface area contributed by atoms with Gasteiger partial charge in [-0.2, -0.15) is 0 Å². The highest BCUT2D eigenvalue weighted by molar-refractivity contribution is 9.10. The van der Waals surface area contributed by atoms with Crippen LogP contribution in [0.2, 0.25) is 5.02 Å². The zero-order chi connectivity index (χ0) is 15.1. The summed E-state index contributed by atoms with van der Waals surface area (Å²) in [5.74, 6) is 0.0130. The Balaban J connectivity index is 1.68. The van der Waals surface area contributed by atoms with Crippen LogP contribution in [-0.4, -0.2) is 24.0 Å². The van der Waals surface area contributed by atoms with E-state index in [0.717, 1.165) is 10.9 Å². The summed E-state index contributed by atoms with van der Waals surface area (Å²) in [5, 5.41) is 0.566. The molecule has 0 bridgehead atoms. The molecule has 0 amide bonds. The fourth-order valence-electron chi connectivity index (χ4n) is 1.83. The van der Waals surface area contributed by atoms with E-state index in [2.05, 4.69) is 20.9 Å². The van der Waals surface area contributed by atoms with Crippen LogP contribution in [0.4, 0.5) is 0 Å². The van der Waals surface area contributed by atoms with Crippen LogP contribution in [0.25, 0.3) is 0 Å². The molecule has 2 aromatic rings. The maximum absolute atomic E-state index is 11.8. The second kappa shape index (κ2) is 8.27. The lowest BCUT2D eigenvalue weighted by atomic mass is 10.2. The van der Waals surface area contributed by atoms with Crippen LogP contribution in [-0.2, 0) is 22.4 Å². The normalized spacial score (nSPS) is 10.6. The second-order valence-corrected chi connectivity index (χ2v) is 5.97. The standard InChI is InChI=1S/C16H15BrClNO2/c17-13-3-1-2-12(8-13)6-7-21-11-16(20)9-15-5-4-14(18)10-19-15/h1-5,8,10H,6-7,9,11H2. The van der Waals surface area contributed by atoms with Gasteiger partial charge in [0, 0.05) is 16.4 Å². The van der Waals surface area contributed by atoms with Crippen molar-refractivity contribution in [3.63, 3.8) is 0 Å². The van der Waals surface area contributed by atoms with Crippen molar-refractivity contribution in [2.24, 2.45) is 0 Å². The van der Waals surface area contributed by atoms with Crippen molar-refractivity contribution >= 4 is 33.3 Å². The van der Waals surface area contributed by atoms with Gasteiger partial charge in [0.25, 0.3) is 0 Å². The van der Waals surface area contributed by atoms with Gasteiger partial charge in [-0.15, -0.1) is 0 Å². The molecular weight excluding hydrogens is 354 g/mol. The Morgan fingerprint density at radius 3 is 2.86 bits per heavy atom. The number of ether oxygens (including phenoxy) is 1. The molecule has 3 nitrogen and oxygen atoms in total. The molecule has 0 saturated heterocycles. The summed E-state index contributed by atoms with van der Waals surface area (Å²) in [6, 6.07) is 11.5. The minimum atomic E-state index is 0.0130. The molecule has 0 radical (unpaired) electrons. The van der Waals surface area contributed by atoms with Crippen LogP contribution in [0.3, 0.4) is 0 Å². The van der Waals surface area contributed by atoms with Gasteiger partial charge in [0.1, 0.15) is 6.61 Å². The summed E-state index contributed by atoms with van der Waals surface area (Å²) < 4.78 is 6.46. The molecule has 1 aromatic heterocycles. The molecule has 1 heterocycles. The predicted octanol–water partition coefficient (Wildman–Crippen LogP) is 3.87.